The number of ether oxygens (including phenoxy) is 1. The number of aromatic nitrogens is 3. The number of rotatable bonds is 4. The van der Waals surface area contributed by atoms with E-state index in [1.54, 1.807) is 18.5 Å². The van der Waals surface area contributed by atoms with Gasteiger partial charge in [-0.1, -0.05) is 0 Å². The normalized spacial score (nSPS) is 11.7. The van der Waals surface area contributed by atoms with Gasteiger partial charge in [0, 0.05) is 7.05 Å². The number of nitrogens with two attached hydrogens (primary N) is 1. The number of hydrogen-bond donors (Lipinski definition) is 1. The van der Waals surface area contributed by atoms with Crippen LogP contribution in [-0.4, -0.2) is 23.2 Å². The molecule has 0 saturated heterocycles. The maximum Gasteiger partial charge on any atom is 0.238 e. The molecular weight excluding hydrogens is 306 g/mol. The van der Waals surface area contributed by atoms with Gasteiger partial charge in [0.1, 0.15) is 12.4 Å². The number of primary sulfonamides is 1. The maximum atomic E-state index is 13.7. The molecule has 0 aliphatic heterocycles. The van der Waals surface area contributed by atoms with Crippen molar-refractivity contribution in [2.24, 2.45) is 12.2 Å². The van der Waals surface area contributed by atoms with Crippen molar-refractivity contribution in [3.63, 3.8) is 0 Å². The third kappa shape index (κ3) is 3.16. The molecule has 7 nitrogen and oxygen atoms in total. The van der Waals surface area contributed by atoms with Crippen LogP contribution in [0, 0.1) is 18.6 Å². The average Bonchev–Trinajstić information content (AvgIpc) is 2.68. The Kier molecular flexibility index (Phi) is 3.92. The predicted octanol–water partition coefficient (Wildman–Crippen LogP) is 0.628. The van der Waals surface area contributed by atoms with E-state index in [1.165, 1.54) is 0 Å². The highest BCUT2D eigenvalue weighted by Crippen LogP contribution is 2.25. The van der Waals surface area contributed by atoms with Gasteiger partial charge in [0.25, 0.3) is 0 Å². The zero-order valence-corrected chi connectivity index (χ0v) is 12.0. The molecule has 0 spiro atoms. The van der Waals surface area contributed by atoms with Gasteiger partial charge < -0.3 is 9.30 Å². The van der Waals surface area contributed by atoms with Crippen molar-refractivity contribution in [3.05, 3.63) is 35.4 Å². The number of sulfonamides is 1. The van der Waals surface area contributed by atoms with E-state index in [1.807, 2.05) is 0 Å². The molecule has 114 valence electrons. The van der Waals surface area contributed by atoms with E-state index < -0.39 is 32.3 Å². The smallest absolute Gasteiger partial charge is 0.238 e. The summed E-state index contributed by atoms with van der Waals surface area (Å²) in [6, 6.07) is 1.19. The highest BCUT2D eigenvalue weighted by atomic mass is 32.2. The van der Waals surface area contributed by atoms with Gasteiger partial charge >= 0.3 is 0 Å². The van der Waals surface area contributed by atoms with Crippen molar-refractivity contribution >= 4 is 10.0 Å². The zero-order chi connectivity index (χ0) is 15.8. The molecule has 0 radical (unpaired) electrons. The molecule has 0 unspecified atom stereocenters. The molecule has 0 aliphatic carbocycles. The van der Waals surface area contributed by atoms with E-state index in [0.29, 0.717) is 23.8 Å². The fourth-order valence-corrected chi connectivity index (χ4v) is 2.09. The van der Waals surface area contributed by atoms with E-state index >= 15 is 0 Å². The Morgan fingerprint density at radius 2 is 1.86 bits per heavy atom. The minimum absolute atomic E-state index is 0.222. The first-order valence-electron chi connectivity index (χ1n) is 5.69. The first kappa shape index (κ1) is 15.3. The minimum Gasteiger partial charge on any atom is -0.479 e. The van der Waals surface area contributed by atoms with E-state index in [2.05, 4.69) is 10.2 Å². The van der Waals surface area contributed by atoms with Crippen LogP contribution in [0.2, 0.25) is 0 Å². The number of halogens is 2. The van der Waals surface area contributed by atoms with Gasteiger partial charge in [-0.15, -0.1) is 10.2 Å². The van der Waals surface area contributed by atoms with Crippen molar-refractivity contribution in [1.29, 1.82) is 0 Å². The molecule has 0 atom stereocenters. The molecule has 2 N–H and O–H groups in total. The fourth-order valence-electron chi connectivity index (χ4n) is 1.55. The van der Waals surface area contributed by atoms with E-state index in [9.17, 15) is 17.2 Å². The van der Waals surface area contributed by atoms with Crippen LogP contribution >= 0.6 is 0 Å². The summed E-state index contributed by atoms with van der Waals surface area (Å²) >= 11 is 0. The van der Waals surface area contributed by atoms with Crippen LogP contribution in [-0.2, 0) is 23.7 Å². The standard InChI is InChI=1S/C11H12F2N4O3S/c1-6-15-16-10(17(6)2)5-20-11-8(12)3-7(4-9(11)13)21(14,18)19/h3-4H,5H2,1-2H3,(H2,14,18,19). The first-order chi connectivity index (χ1) is 9.70. The molecule has 0 aliphatic rings. The van der Waals surface area contributed by atoms with Gasteiger partial charge in [0.05, 0.1) is 4.90 Å². The molecule has 2 rings (SSSR count). The molecule has 0 amide bonds. The summed E-state index contributed by atoms with van der Waals surface area (Å²) < 4.78 is 56.2. The molecular formula is C11H12F2N4O3S. The van der Waals surface area contributed by atoms with E-state index in [4.69, 9.17) is 9.88 Å². The van der Waals surface area contributed by atoms with Crippen LogP contribution in [0.4, 0.5) is 8.78 Å². The van der Waals surface area contributed by atoms with Crippen LogP contribution in [0.15, 0.2) is 17.0 Å². The molecule has 0 bridgehead atoms. The highest BCUT2D eigenvalue weighted by Gasteiger charge is 2.18. The topological polar surface area (TPSA) is 100 Å². The molecule has 10 heteroatoms. The first-order valence-corrected chi connectivity index (χ1v) is 7.24. The summed E-state index contributed by atoms with van der Waals surface area (Å²) in [7, 11) is -2.53. The molecule has 0 fully saturated rings. The minimum atomic E-state index is -4.20. The van der Waals surface area contributed by atoms with Crippen LogP contribution in [0.1, 0.15) is 11.6 Å². The summed E-state index contributed by atoms with van der Waals surface area (Å²) in [4.78, 5) is -0.667. The summed E-state index contributed by atoms with van der Waals surface area (Å²) in [5, 5.41) is 12.4. The van der Waals surface area contributed by atoms with Gasteiger partial charge in [-0.25, -0.2) is 22.3 Å². The number of hydrogen-bond acceptors (Lipinski definition) is 5. The second-order valence-electron chi connectivity index (χ2n) is 4.27. The van der Waals surface area contributed by atoms with Crippen LogP contribution < -0.4 is 9.88 Å². The lowest BCUT2D eigenvalue weighted by Gasteiger charge is -2.09. The van der Waals surface area contributed by atoms with Gasteiger partial charge in [-0.2, -0.15) is 0 Å². The summed E-state index contributed by atoms with van der Waals surface area (Å²) in [5.74, 6) is -2.07. The van der Waals surface area contributed by atoms with Gasteiger partial charge in [-0.3, -0.25) is 0 Å². The van der Waals surface area contributed by atoms with Crippen LogP contribution in [0.25, 0.3) is 0 Å². The third-order valence-corrected chi connectivity index (χ3v) is 3.72. The van der Waals surface area contributed by atoms with Crippen molar-refractivity contribution in [1.82, 2.24) is 14.8 Å². The molecule has 21 heavy (non-hydrogen) atoms. The van der Waals surface area contributed by atoms with Crippen molar-refractivity contribution in [2.75, 3.05) is 0 Å². The van der Waals surface area contributed by atoms with E-state index in [0.717, 1.165) is 0 Å². The highest BCUT2D eigenvalue weighted by molar-refractivity contribution is 7.89. The lowest BCUT2D eigenvalue weighted by Crippen LogP contribution is -2.13. The molecule has 2 aromatic rings. The SMILES string of the molecule is Cc1nnc(COc2c(F)cc(S(N)(=O)=O)cc2F)n1C. The Morgan fingerprint density at radius 1 is 1.29 bits per heavy atom. The fraction of sp³-hybridized carbons (Fsp3) is 0.273. The average molecular weight is 318 g/mol. The lowest BCUT2D eigenvalue weighted by atomic mass is 10.3. The Balaban J connectivity index is 2.27. The van der Waals surface area contributed by atoms with Crippen molar-refractivity contribution < 1.29 is 21.9 Å². The molecule has 1 aromatic heterocycles. The monoisotopic (exact) mass is 318 g/mol. The Hall–Kier alpha value is -2.07. The summed E-state index contributed by atoms with van der Waals surface area (Å²) in [6.07, 6.45) is 0. The maximum absolute atomic E-state index is 13.7. The Morgan fingerprint density at radius 3 is 2.29 bits per heavy atom. The van der Waals surface area contributed by atoms with Crippen LogP contribution in [0.3, 0.4) is 0 Å². The number of aryl methyl sites for hydroxylation is 1. The number of benzene rings is 1. The summed E-state index contributed by atoms with van der Waals surface area (Å²) in [6.45, 7) is 1.48. The number of nitrogens with zero attached hydrogens (tertiary/aromatic N) is 3. The predicted molar refractivity (Wildman–Crippen MR) is 67.8 cm³/mol. The van der Waals surface area contributed by atoms with Gasteiger partial charge in [-0.05, 0) is 19.1 Å². The molecule has 1 heterocycles. The quantitative estimate of drug-likeness (QED) is 0.891. The van der Waals surface area contributed by atoms with Gasteiger partial charge in [0.2, 0.25) is 10.0 Å². The molecule has 0 saturated carbocycles. The third-order valence-electron chi connectivity index (χ3n) is 2.83. The Labute approximate surface area is 119 Å². The largest absolute Gasteiger partial charge is 0.479 e. The lowest BCUT2D eigenvalue weighted by molar-refractivity contribution is 0.261. The molecule has 1 aromatic carbocycles. The van der Waals surface area contributed by atoms with Crippen LogP contribution in [0.5, 0.6) is 5.75 Å². The zero-order valence-electron chi connectivity index (χ0n) is 11.2. The van der Waals surface area contributed by atoms with Crippen molar-refractivity contribution in [3.8, 4) is 5.75 Å². The summed E-state index contributed by atoms with van der Waals surface area (Å²) in [5.41, 5.74) is 0. The second-order valence-corrected chi connectivity index (χ2v) is 5.83. The second kappa shape index (κ2) is 5.37. The van der Waals surface area contributed by atoms with E-state index in [-0.39, 0.29) is 6.61 Å². The van der Waals surface area contributed by atoms with Gasteiger partial charge in [0.15, 0.2) is 23.2 Å². The Bertz CT molecular complexity index is 766. The van der Waals surface area contributed by atoms with Crippen molar-refractivity contribution in [2.45, 2.75) is 18.4 Å².